The van der Waals surface area contributed by atoms with Gasteiger partial charge in [0.2, 0.25) is 0 Å². The fourth-order valence-corrected chi connectivity index (χ4v) is 6.97. The molecule has 0 aromatic heterocycles. The van der Waals surface area contributed by atoms with Crippen molar-refractivity contribution in [2.45, 2.75) is 213 Å². The zero-order chi connectivity index (χ0) is 36.8. The van der Waals surface area contributed by atoms with Crippen LogP contribution in [0.15, 0.2) is 0 Å². The van der Waals surface area contributed by atoms with Crippen LogP contribution in [0.25, 0.3) is 0 Å². The molecule has 0 aliphatic rings. The van der Waals surface area contributed by atoms with Crippen molar-refractivity contribution in [2.24, 2.45) is 0 Å². The van der Waals surface area contributed by atoms with Gasteiger partial charge in [-0.2, -0.15) is 0 Å². The van der Waals surface area contributed by atoms with Crippen molar-refractivity contribution >= 4 is 30.4 Å². The molecule has 0 aromatic carbocycles. The zero-order valence-electron chi connectivity index (χ0n) is 31.5. The first-order valence-corrected chi connectivity index (χ1v) is 24.2. The number of hydrogen-bond donors (Lipinski definition) is 0. The van der Waals surface area contributed by atoms with Crippen LogP contribution in [0.5, 0.6) is 0 Å². The third-order valence-corrected chi connectivity index (χ3v) is 10.6. The van der Waals surface area contributed by atoms with E-state index >= 15 is 0 Å². The molecule has 0 spiro atoms. The third kappa shape index (κ3) is 67.9. The molecule has 9 nitrogen and oxygen atoms in total. The van der Waals surface area contributed by atoms with Gasteiger partial charge in [0.05, 0.1) is 30.4 Å². The van der Waals surface area contributed by atoms with Gasteiger partial charge in [-0.1, -0.05) is 194 Å². The Bertz CT molecular complexity index is 835. The van der Waals surface area contributed by atoms with Gasteiger partial charge in [0.15, 0.2) is 0 Å². The second kappa shape index (κ2) is 42.0. The summed E-state index contributed by atoms with van der Waals surface area (Å²) in [6.07, 6.45) is 34.3. The summed E-state index contributed by atoms with van der Waals surface area (Å²) < 4.78 is 92.8. The summed E-state index contributed by atoms with van der Waals surface area (Å²) in [5.41, 5.74) is 0. The van der Waals surface area contributed by atoms with E-state index in [-0.39, 0.29) is 64.2 Å². The molecule has 0 aromatic rings. The van der Waals surface area contributed by atoms with Gasteiger partial charge in [0, 0.05) is 17.3 Å². The van der Waals surface area contributed by atoms with Crippen molar-refractivity contribution in [3.05, 3.63) is 0 Å². The SMILES string of the molecule is CCCCCCCCCCCCS(=O)(=O)[O-].CCCCCCCCCCCCS(=O)(=O)[O-].CCCCCCCCCCCCS(=O)(=O)[O-].[Yb+3]. The summed E-state index contributed by atoms with van der Waals surface area (Å²) >= 11 is 0. The maximum absolute atomic E-state index is 10.3. The predicted molar refractivity (Wildman–Crippen MR) is 199 cm³/mol. The molecular weight excluding hydrogens is 846 g/mol. The molecule has 0 atom stereocenters. The molecule has 305 valence electrons. The van der Waals surface area contributed by atoms with Crippen LogP contribution in [0.2, 0.25) is 0 Å². The van der Waals surface area contributed by atoms with E-state index in [2.05, 4.69) is 20.8 Å². The van der Waals surface area contributed by atoms with Crippen LogP contribution in [0.4, 0.5) is 0 Å². The summed E-state index contributed by atoms with van der Waals surface area (Å²) in [4.78, 5) is 0. The smallest absolute Gasteiger partial charge is 0.748 e. The minimum atomic E-state index is -3.98. The molecule has 0 saturated heterocycles. The molecule has 49 heavy (non-hydrogen) atoms. The first-order valence-electron chi connectivity index (χ1n) is 19.5. The molecule has 0 aliphatic heterocycles. The van der Waals surface area contributed by atoms with Gasteiger partial charge >= 0.3 is 46.9 Å². The quantitative estimate of drug-likeness (QED) is 0.0459. The van der Waals surface area contributed by atoms with Gasteiger partial charge in [-0.15, -0.1) is 0 Å². The molecule has 0 rings (SSSR count). The molecule has 0 heterocycles. The summed E-state index contributed by atoms with van der Waals surface area (Å²) in [6, 6.07) is 0. The first kappa shape index (κ1) is 57.0. The monoisotopic (exact) mass is 921 g/mol. The Hall–Kier alpha value is 1.25. The third-order valence-electron chi connectivity index (χ3n) is 8.24. The van der Waals surface area contributed by atoms with Gasteiger partial charge < -0.3 is 13.7 Å². The van der Waals surface area contributed by atoms with E-state index in [0.29, 0.717) is 19.3 Å². The van der Waals surface area contributed by atoms with Crippen LogP contribution in [0.3, 0.4) is 0 Å². The topological polar surface area (TPSA) is 172 Å². The van der Waals surface area contributed by atoms with E-state index in [1.807, 2.05) is 0 Å². The van der Waals surface area contributed by atoms with Gasteiger partial charge in [0.25, 0.3) is 0 Å². The Morgan fingerprint density at radius 3 is 0.510 bits per heavy atom. The largest absolute Gasteiger partial charge is 3.00 e. The summed E-state index contributed by atoms with van der Waals surface area (Å²) in [5, 5.41) is 0. The number of hydrogen-bond acceptors (Lipinski definition) is 9. The van der Waals surface area contributed by atoms with Crippen molar-refractivity contribution in [3.8, 4) is 0 Å². The van der Waals surface area contributed by atoms with Crippen LogP contribution in [-0.4, -0.2) is 56.2 Å². The molecule has 0 saturated carbocycles. The standard InChI is InChI=1S/3C12H26O3S.Yb/c3*1-2-3-4-5-6-7-8-9-10-11-12-16(13,14)15;/h3*2-12H2,1H3,(H,13,14,15);/q;;;+3/p-3. The van der Waals surface area contributed by atoms with Crippen molar-refractivity contribution < 1.29 is 85.8 Å². The van der Waals surface area contributed by atoms with Crippen LogP contribution in [0, 0.1) is 46.9 Å². The Balaban J connectivity index is -0.000000307. The first-order chi connectivity index (χ1) is 22.7. The Morgan fingerprint density at radius 1 is 0.265 bits per heavy atom. The summed E-state index contributed by atoms with van der Waals surface area (Å²) in [5.74, 6) is -0.573. The van der Waals surface area contributed by atoms with Crippen molar-refractivity contribution in [3.63, 3.8) is 0 Å². The number of unbranched alkanes of at least 4 members (excludes halogenated alkanes) is 27. The van der Waals surface area contributed by atoms with Crippen LogP contribution in [0.1, 0.15) is 213 Å². The van der Waals surface area contributed by atoms with Gasteiger partial charge in [0.1, 0.15) is 0 Å². The molecule has 1 radical (unpaired) electrons. The summed E-state index contributed by atoms with van der Waals surface area (Å²) in [7, 11) is -11.9. The Kier molecular flexibility index (Phi) is 48.8. The van der Waals surface area contributed by atoms with Gasteiger partial charge in [-0.3, -0.25) is 0 Å². The van der Waals surface area contributed by atoms with Gasteiger partial charge in [-0.05, 0) is 19.3 Å². The van der Waals surface area contributed by atoms with Crippen LogP contribution < -0.4 is 0 Å². The molecule has 0 fully saturated rings. The number of rotatable bonds is 33. The van der Waals surface area contributed by atoms with Crippen LogP contribution >= 0.6 is 0 Å². The minimum Gasteiger partial charge on any atom is -0.748 e. The molecule has 0 N–H and O–H groups in total. The molecular formula is C36H75O9S3Yb. The molecule has 0 amide bonds. The van der Waals surface area contributed by atoms with E-state index in [0.717, 1.165) is 38.5 Å². The molecule has 0 unspecified atom stereocenters. The Morgan fingerprint density at radius 2 is 0.388 bits per heavy atom. The van der Waals surface area contributed by atoms with Crippen LogP contribution in [-0.2, 0) is 30.4 Å². The van der Waals surface area contributed by atoms with E-state index in [4.69, 9.17) is 0 Å². The fraction of sp³-hybridized carbons (Fsp3) is 1.00. The van der Waals surface area contributed by atoms with Crippen molar-refractivity contribution in [1.29, 1.82) is 0 Å². The molecule has 13 heteroatoms. The maximum atomic E-state index is 10.3. The predicted octanol–water partition coefficient (Wildman–Crippen LogP) is 10.4. The average molecular weight is 921 g/mol. The molecule has 0 aliphatic carbocycles. The van der Waals surface area contributed by atoms with Gasteiger partial charge in [-0.25, -0.2) is 25.3 Å². The van der Waals surface area contributed by atoms with Crippen molar-refractivity contribution in [1.82, 2.24) is 0 Å². The fourth-order valence-electron chi connectivity index (χ4n) is 5.30. The Labute approximate surface area is 343 Å². The second-order valence-corrected chi connectivity index (χ2v) is 17.9. The van der Waals surface area contributed by atoms with E-state index in [1.54, 1.807) is 0 Å². The molecule has 0 bridgehead atoms. The van der Waals surface area contributed by atoms with Crippen molar-refractivity contribution in [2.75, 3.05) is 17.3 Å². The minimum absolute atomic E-state index is 0. The summed E-state index contributed by atoms with van der Waals surface area (Å²) in [6.45, 7) is 6.64. The second-order valence-electron chi connectivity index (χ2n) is 13.3. The van der Waals surface area contributed by atoms with E-state index < -0.39 is 30.4 Å². The van der Waals surface area contributed by atoms with E-state index in [9.17, 15) is 38.9 Å². The maximum Gasteiger partial charge on any atom is 3.00 e. The average Bonchev–Trinajstić information content (AvgIpc) is 2.99. The van der Waals surface area contributed by atoms with E-state index in [1.165, 1.54) is 135 Å². The zero-order valence-corrected chi connectivity index (χ0v) is 35.7. The normalized spacial score (nSPS) is 11.6.